The molecule has 0 aromatic carbocycles. The lowest BCUT2D eigenvalue weighted by molar-refractivity contribution is 0.0387. The third-order valence-corrected chi connectivity index (χ3v) is 4.26. The Bertz CT molecular complexity index is 600. The van der Waals surface area contributed by atoms with Crippen molar-refractivity contribution in [3.63, 3.8) is 0 Å². The summed E-state index contributed by atoms with van der Waals surface area (Å²) < 4.78 is 10.9. The van der Waals surface area contributed by atoms with Crippen molar-refractivity contribution in [1.82, 2.24) is 9.97 Å². The lowest BCUT2D eigenvalue weighted by Gasteiger charge is -2.07. The number of nitrogen functional groups attached to an aromatic ring is 1. The Labute approximate surface area is 128 Å². The molecule has 6 nitrogen and oxygen atoms in total. The summed E-state index contributed by atoms with van der Waals surface area (Å²) in [4.78, 5) is 11.1. The molecule has 0 bridgehead atoms. The minimum absolute atomic E-state index is 0.357. The van der Waals surface area contributed by atoms with Crippen LogP contribution in [0.5, 0.6) is 0 Å². The quantitative estimate of drug-likeness (QED) is 0.443. The van der Waals surface area contributed by atoms with Gasteiger partial charge in [-0.3, -0.25) is 0 Å². The number of thiophene rings is 1. The van der Waals surface area contributed by atoms with Gasteiger partial charge in [-0.1, -0.05) is 6.92 Å². The van der Waals surface area contributed by atoms with Gasteiger partial charge in [0.05, 0.1) is 18.6 Å². The number of anilines is 1. The standard InChI is InChI=1S/C14H22N4O2S/c1-4-5-19-6-7-20-8-11-16-13(18-15)12-9(2)10(3)21-14(12)17-11/h4-8,15H2,1-3H3,(H,16,17,18). The van der Waals surface area contributed by atoms with E-state index in [2.05, 4.69) is 36.2 Å². The number of nitrogens with two attached hydrogens (primary N) is 1. The van der Waals surface area contributed by atoms with Crippen LogP contribution in [-0.4, -0.2) is 29.8 Å². The van der Waals surface area contributed by atoms with Gasteiger partial charge in [0.1, 0.15) is 11.4 Å². The summed E-state index contributed by atoms with van der Waals surface area (Å²) in [5.41, 5.74) is 3.83. The normalized spacial score (nSPS) is 11.2. The molecule has 2 rings (SSSR count). The fraction of sp³-hybridized carbons (Fsp3) is 0.571. The second-order valence-corrected chi connectivity index (χ2v) is 5.96. The molecular weight excluding hydrogens is 288 g/mol. The van der Waals surface area contributed by atoms with Crippen LogP contribution in [-0.2, 0) is 16.1 Å². The van der Waals surface area contributed by atoms with Gasteiger partial charge in [-0.05, 0) is 25.8 Å². The summed E-state index contributed by atoms with van der Waals surface area (Å²) in [6.45, 7) is 8.46. The highest BCUT2D eigenvalue weighted by molar-refractivity contribution is 7.18. The van der Waals surface area contributed by atoms with Gasteiger partial charge in [-0.25, -0.2) is 15.8 Å². The van der Waals surface area contributed by atoms with E-state index in [1.165, 1.54) is 10.4 Å². The van der Waals surface area contributed by atoms with E-state index in [1.807, 2.05) is 0 Å². The molecule has 0 aliphatic carbocycles. The summed E-state index contributed by atoms with van der Waals surface area (Å²) in [5, 5.41) is 0.995. The highest BCUT2D eigenvalue weighted by atomic mass is 32.1. The van der Waals surface area contributed by atoms with Crippen LogP contribution in [0.4, 0.5) is 5.82 Å². The summed E-state index contributed by atoms with van der Waals surface area (Å²) >= 11 is 1.65. The Balaban J connectivity index is 2.04. The van der Waals surface area contributed by atoms with Gasteiger partial charge < -0.3 is 14.9 Å². The van der Waals surface area contributed by atoms with E-state index >= 15 is 0 Å². The molecule has 0 saturated heterocycles. The van der Waals surface area contributed by atoms with Gasteiger partial charge in [0.25, 0.3) is 0 Å². The van der Waals surface area contributed by atoms with Crippen LogP contribution >= 0.6 is 11.3 Å². The highest BCUT2D eigenvalue weighted by Gasteiger charge is 2.13. The second-order valence-electron chi connectivity index (χ2n) is 4.76. The van der Waals surface area contributed by atoms with Crippen molar-refractivity contribution in [3.8, 4) is 0 Å². The van der Waals surface area contributed by atoms with Gasteiger partial charge in [0, 0.05) is 11.5 Å². The maximum atomic E-state index is 5.58. The Morgan fingerprint density at radius 3 is 2.62 bits per heavy atom. The molecule has 2 aromatic heterocycles. The van der Waals surface area contributed by atoms with E-state index < -0.39 is 0 Å². The molecule has 7 heteroatoms. The third kappa shape index (κ3) is 3.88. The average molecular weight is 310 g/mol. The van der Waals surface area contributed by atoms with Crippen molar-refractivity contribution in [1.29, 1.82) is 0 Å². The molecule has 2 heterocycles. The van der Waals surface area contributed by atoms with Crippen LogP contribution in [0.1, 0.15) is 29.6 Å². The van der Waals surface area contributed by atoms with E-state index in [0.29, 0.717) is 31.5 Å². The molecular formula is C14H22N4O2S. The number of nitrogens with one attached hydrogen (secondary N) is 1. The van der Waals surface area contributed by atoms with Crippen molar-refractivity contribution in [2.24, 2.45) is 5.84 Å². The van der Waals surface area contributed by atoms with Gasteiger partial charge in [0.15, 0.2) is 11.6 Å². The van der Waals surface area contributed by atoms with Crippen molar-refractivity contribution >= 4 is 27.4 Å². The number of aromatic nitrogens is 2. The second kappa shape index (κ2) is 7.65. The predicted octanol–water partition coefficient (Wildman–Crippen LogP) is 2.54. The first kappa shape index (κ1) is 16.1. The van der Waals surface area contributed by atoms with E-state index in [0.717, 1.165) is 23.2 Å². The Morgan fingerprint density at radius 1 is 1.14 bits per heavy atom. The number of hydrazine groups is 1. The van der Waals surface area contributed by atoms with Crippen molar-refractivity contribution in [3.05, 3.63) is 16.3 Å². The molecule has 3 N–H and O–H groups in total. The van der Waals surface area contributed by atoms with Crippen molar-refractivity contribution in [2.75, 3.05) is 25.2 Å². The topological polar surface area (TPSA) is 82.3 Å². The van der Waals surface area contributed by atoms with E-state index in [-0.39, 0.29) is 0 Å². The fourth-order valence-electron chi connectivity index (χ4n) is 1.99. The zero-order valence-corrected chi connectivity index (χ0v) is 13.5. The molecule has 0 unspecified atom stereocenters. The van der Waals surface area contributed by atoms with E-state index in [4.69, 9.17) is 15.3 Å². The molecule has 2 aromatic rings. The van der Waals surface area contributed by atoms with Crippen LogP contribution < -0.4 is 11.3 Å². The first-order valence-corrected chi connectivity index (χ1v) is 7.87. The predicted molar refractivity (Wildman–Crippen MR) is 85.5 cm³/mol. The number of ether oxygens (including phenoxy) is 2. The van der Waals surface area contributed by atoms with E-state index in [9.17, 15) is 0 Å². The summed E-state index contributed by atoms with van der Waals surface area (Å²) in [6.07, 6.45) is 1.02. The first-order chi connectivity index (χ1) is 10.2. The Hall–Kier alpha value is -1.28. The lowest BCUT2D eigenvalue weighted by atomic mass is 10.2. The van der Waals surface area contributed by atoms with Gasteiger partial charge >= 0.3 is 0 Å². The molecule has 0 amide bonds. The molecule has 0 atom stereocenters. The fourth-order valence-corrected chi connectivity index (χ4v) is 3.04. The maximum absolute atomic E-state index is 5.58. The molecule has 21 heavy (non-hydrogen) atoms. The average Bonchev–Trinajstić information content (AvgIpc) is 2.77. The van der Waals surface area contributed by atoms with Crippen LogP contribution in [0.15, 0.2) is 0 Å². The number of hydrogen-bond acceptors (Lipinski definition) is 7. The van der Waals surface area contributed by atoms with Gasteiger partial charge in [-0.2, -0.15) is 0 Å². The lowest BCUT2D eigenvalue weighted by Crippen LogP contribution is -2.12. The molecule has 0 spiro atoms. The van der Waals surface area contributed by atoms with Crippen LogP contribution in [0.3, 0.4) is 0 Å². The highest BCUT2D eigenvalue weighted by Crippen LogP contribution is 2.32. The maximum Gasteiger partial charge on any atom is 0.158 e. The summed E-state index contributed by atoms with van der Waals surface area (Å²) in [5.74, 6) is 6.86. The number of rotatable bonds is 8. The van der Waals surface area contributed by atoms with Crippen LogP contribution in [0, 0.1) is 13.8 Å². The number of fused-ring (bicyclic) bond motifs is 1. The van der Waals surface area contributed by atoms with Gasteiger partial charge in [-0.15, -0.1) is 11.3 Å². The zero-order valence-electron chi connectivity index (χ0n) is 12.7. The smallest absolute Gasteiger partial charge is 0.158 e. The SMILES string of the molecule is CCCOCCOCc1nc(NN)c2c(C)c(C)sc2n1. The molecule has 0 fully saturated rings. The van der Waals surface area contributed by atoms with Crippen molar-refractivity contribution < 1.29 is 9.47 Å². The third-order valence-electron chi connectivity index (χ3n) is 3.16. The summed E-state index contributed by atoms with van der Waals surface area (Å²) in [6, 6.07) is 0. The molecule has 0 saturated carbocycles. The molecule has 0 radical (unpaired) electrons. The summed E-state index contributed by atoms with van der Waals surface area (Å²) in [7, 11) is 0. The Kier molecular flexibility index (Phi) is 5.86. The van der Waals surface area contributed by atoms with Gasteiger partial charge in [0.2, 0.25) is 0 Å². The van der Waals surface area contributed by atoms with Crippen LogP contribution in [0.25, 0.3) is 10.2 Å². The molecule has 0 aliphatic rings. The number of hydrogen-bond donors (Lipinski definition) is 2. The number of aryl methyl sites for hydroxylation is 2. The molecule has 116 valence electrons. The van der Waals surface area contributed by atoms with Crippen molar-refractivity contribution in [2.45, 2.75) is 33.8 Å². The zero-order chi connectivity index (χ0) is 15.2. The monoisotopic (exact) mass is 310 g/mol. The largest absolute Gasteiger partial charge is 0.379 e. The minimum Gasteiger partial charge on any atom is -0.379 e. The Morgan fingerprint density at radius 2 is 1.90 bits per heavy atom. The van der Waals surface area contributed by atoms with E-state index in [1.54, 1.807) is 11.3 Å². The first-order valence-electron chi connectivity index (χ1n) is 7.06. The van der Waals surface area contributed by atoms with Crippen LogP contribution in [0.2, 0.25) is 0 Å². The number of nitrogens with zero attached hydrogens (tertiary/aromatic N) is 2. The molecule has 0 aliphatic heterocycles. The minimum atomic E-state index is 0.357.